The van der Waals surface area contributed by atoms with E-state index in [0.29, 0.717) is 23.6 Å². The van der Waals surface area contributed by atoms with E-state index in [1.54, 1.807) is 54.0 Å². The van der Waals surface area contributed by atoms with Crippen molar-refractivity contribution in [2.24, 2.45) is 0 Å². The molecule has 0 saturated carbocycles. The lowest BCUT2D eigenvalue weighted by Gasteiger charge is -2.13. The number of amides is 3. The molecule has 1 fully saturated rings. The van der Waals surface area contributed by atoms with Crippen LogP contribution >= 0.6 is 23.1 Å². The molecular formula is C21H17N3O4S2. The Morgan fingerprint density at radius 1 is 1.17 bits per heavy atom. The lowest BCUT2D eigenvalue weighted by Crippen LogP contribution is -2.27. The second kappa shape index (κ2) is 9.10. The molecule has 9 heteroatoms. The Balaban J connectivity index is 1.36. The van der Waals surface area contributed by atoms with Crippen molar-refractivity contribution in [3.05, 3.63) is 76.2 Å². The summed E-state index contributed by atoms with van der Waals surface area (Å²) in [5.74, 6) is 0.339. The normalized spacial score (nSPS) is 13.5. The van der Waals surface area contributed by atoms with Crippen LogP contribution in [0.3, 0.4) is 0 Å². The Kier molecular flexibility index (Phi) is 6.10. The minimum atomic E-state index is -0.261. The fourth-order valence-electron chi connectivity index (χ4n) is 2.81. The largest absolute Gasteiger partial charge is 0.487 e. The number of carbonyl (C=O) groups is 3. The van der Waals surface area contributed by atoms with Gasteiger partial charge in [-0.3, -0.25) is 19.3 Å². The molecule has 1 N–H and O–H groups in total. The maximum absolute atomic E-state index is 12.6. The maximum atomic E-state index is 12.6. The number of nitrogens with one attached hydrogen (secondary N) is 1. The Bertz CT molecular complexity index is 1050. The highest BCUT2D eigenvalue weighted by atomic mass is 32.2. The topological polar surface area (TPSA) is 88.6 Å². The molecule has 1 aromatic heterocycles. The van der Waals surface area contributed by atoms with Crippen LogP contribution in [0, 0.1) is 0 Å². The van der Waals surface area contributed by atoms with Gasteiger partial charge < -0.3 is 10.1 Å². The van der Waals surface area contributed by atoms with E-state index < -0.39 is 0 Å². The van der Waals surface area contributed by atoms with Gasteiger partial charge in [-0.05, 0) is 35.9 Å². The molecular weight excluding hydrogens is 422 g/mol. The zero-order chi connectivity index (χ0) is 20.9. The predicted molar refractivity (Wildman–Crippen MR) is 116 cm³/mol. The maximum Gasteiger partial charge on any atom is 0.289 e. The van der Waals surface area contributed by atoms with E-state index in [1.165, 1.54) is 16.2 Å². The first kappa shape index (κ1) is 20.1. The number of carbonyl (C=O) groups excluding carboxylic acids is 3. The molecule has 7 nitrogen and oxygen atoms in total. The van der Waals surface area contributed by atoms with Gasteiger partial charge in [0.05, 0.1) is 23.5 Å². The molecule has 0 spiro atoms. The summed E-state index contributed by atoms with van der Waals surface area (Å²) in [7, 11) is 0. The van der Waals surface area contributed by atoms with E-state index in [4.69, 9.17) is 4.74 Å². The first-order valence-corrected chi connectivity index (χ1v) is 11.0. The molecule has 3 aromatic rings. The average molecular weight is 440 g/mol. The van der Waals surface area contributed by atoms with E-state index >= 15 is 0 Å². The van der Waals surface area contributed by atoms with Crippen LogP contribution in [0.4, 0.5) is 10.5 Å². The summed E-state index contributed by atoms with van der Waals surface area (Å²) >= 11 is 2.51. The number of aromatic nitrogens is 1. The molecule has 0 unspecified atom stereocenters. The Morgan fingerprint density at radius 3 is 2.70 bits per heavy atom. The molecule has 4 rings (SSSR count). The van der Waals surface area contributed by atoms with Crippen LogP contribution in [0.5, 0.6) is 5.75 Å². The number of benzene rings is 2. The first-order valence-electron chi connectivity index (χ1n) is 9.06. The van der Waals surface area contributed by atoms with Crippen molar-refractivity contribution < 1.29 is 19.1 Å². The number of nitrogens with zero attached hydrogens (tertiary/aromatic N) is 2. The highest BCUT2D eigenvalue weighted by Gasteiger charge is 2.29. The predicted octanol–water partition coefficient (Wildman–Crippen LogP) is 4.17. The number of thiazole rings is 1. The lowest BCUT2D eigenvalue weighted by atomic mass is 10.1. The second-order valence-corrected chi connectivity index (χ2v) is 8.13. The Labute approximate surface area is 181 Å². The molecule has 152 valence electrons. The van der Waals surface area contributed by atoms with Gasteiger partial charge in [-0.25, -0.2) is 4.98 Å². The van der Waals surface area contributed by atoms with Gasteiger partial charge in [0.25, 0.3) is 11.1 Å². The SMILES string of the molecule is O=C(Nc1ccc(CN2C(=O)CSC2=O)cc1)c1cccc(OCc2cscn2)c1. The van der Waals surface area contributed by atoms with Crippen molar-refractivity contribution in [2.45, 2.75) is 13.2 Å². The molecule has 1 aliphatic heterocycles. The van der Waals surface area contributed by atoms with E-state index in [0.717, 1.165) is 23.0 Å². The second-order valence-electron chi connectivity index (χ2n) is 6.48. The molecule has 0 bridgehead atoms. The molecule has 0 aliphatic carbocycles. The monoisotopic (exact) mass is 439 g/mol. The third-order valence-electron chi connectivity index (χ3n) is 4.36. The summed E-state index contributed by atoms with van der Waals surface area (Å²) in [5.41, 5.74) is 4.49. The average Bonchev–Trinajstić information content (AvgIpc) is 3.39. The third-order valence-corrected chi connectivity index (χ3v) is 5.85. The summed E-state index contributed by atoms with van der Waals surface area (Å²) in [6.07, 6.45) is 0. The highest BCUT2D eigenvalue weighted by molar-refractivity contribution is 8.14. The molecule has 30 heavy (non-hydrogen) atoms. The van der Waals surface area contributed by atoms with Crippen molar-refractivity contribution in [2.75, 3.05) is 11.1 Å². The van der Waals surface area contributed by atoms with Crippen molar-refractivity contribution in [1.82, 2.24) is 9.88 Å². The van der Waals surface area contributed by atoms with E-state index in [1.807, 2.05) is 5.38 Å². The first-order chi connectivity index (χ1) is 14.6. The third kappa shape index (κ3) is 4.87. The van der Waals surface area contributed by atoms with Gasteiger partial charge in [0.2, 0.25) is 5.91 Å². The lowest BCUT2D eigenvalue weighted by molar-refractivity contribution is -0.125. The van der Waals surface area contributed by atoms with Gasteiger partial charge >= 0.3 is 0 Å². The minimum absolute atomic E-state index is 0.181. The number of ether oxygens (including phenoxy) is 1. The van der Waals surface area contributed by atoms with Gasteiger partial charge in [0, 0.05) is 16.6 Å². The Hall–Kier alpha value is -3.17. The minimum Gasteiger partial charge on any atom is -0.487 e. The summed E-state index contributed by atoms with van der Waals surface area (Å²) < 4.78 is 5.69. The Morgan fingerprint density at radius 2 is 2.00 bits per heavy atom. The number of anilines is 1. The van der Waals surface area contributed by atoms with Crippen LogP contribution in [-0.4, -0.2) is 32.7 Å². The van der Waals surface area contributed by atoms with Crippen LogP contribution in [0.25, 0.3) is 0 Å². The molecule has 0 radical (unpaired) electrons. The molecule has 2 heterocycles. The quantitative estimate of drug-likeness (QED) is 0.594. The van der Waals surface area contributed by atoms with Crippen LogP contribution < -0.4 is 10.1 Å². The van der Waals surface area contributed by atoms with Gasteiger partial charge in [0.1, 0.15) is 12.4 Å². The molecule has 0 atom stereocenters. The zero-order valence-electron chi connectivity index (χ0n) is 15.7. The molecule has 1 aliphatic rings. The fourth-order valence-corrected chi connectivity index (χ4v) is 4.07. The number of imide groups is 1. The summed E-state index contributed by atoms with van der Waals surface area (Å²) in [5, 5.41) is 4.52. The van der Waals surface area contributed by atoms with E-state index in [-0.39, 0.29) is 29.4 Å². The van der Waals surface area contributed by atoms with Crippen molar-refractivity contribution in [1.29, 1.82) is 0 Å². The fraction of sp³-hybridized carbons (Fsp3) is 0.143. The van der Waals surface area contributed by atoms with Gasteiger partial charge in [-0.15, -0.1) is 11.3 Å². The van der Waals surface area contributed by atoms with Crippen LogP contribution in [-0.2, 0) is 17.9 Å². The van der Waals surface area contributed by atoms with Crippen molar-refractivity contribution in [3.8, 4) is 5.75 Å². The summed E-state index contributed by atoms with van der Waals surface area (Å²) in [6.45, 7) is 0.577. The number of hydrogen-bond donors (Lipinski definition) is 1. The van der Waals surface area contributed by atoms with Crippen molar-refractivity contribution >= 4 is 45.8 Å². The highest BCUT2D eigenvalue weighted by Crippen LogP contribution is 2.22. The van der Waals surface area contributed by atoms with E-state index in [2.05, 4.69) is 10.3 Å². The number of thioether (sulfide) groups is 1. The van der Waals surface area contributed by atoms with E-state index in [9.17, 15) is 14.4 Å². The molecule has 3 amide bonds. The van der Waals surface area contributed by atoms with Gasteiger partial charge in [-0.2, -0.15) is 0 Å². The van der Waals surface area contributed by atoms with Crippen LogP contribution in [0.2, 0.25) is 0 Å². The summed E-state index contributed by atoms with van der Waals surface area (Å²) in [6, 6.07) is 14.0. The van der Waals surface area contributed by atoms with Crippen LogP contribution in [0.15, 0.2) is 59.4 Å². The van der Waals surface area contributed by atoms with Crippen LogP contribution in [0.1, 0.15) is 21.6 Å². The van der Waals surface area contributed by atoms with Gasteiger partial charge in [0.15, 0.2) is 0 Å². The zero-order valence-corrected chi connectivity index (χ0v) is 17.4. The smallest absolute Gasteiger partial charge is 0.289 e. The number of hydrogen-bond acceptors (Lipinski definition) is 7. The standard InChI is InChI=1S/C21H17N3O4S2/c25-19-12-30-21(27)24(19)9-14-4-6-16(7-5-14)23-20(26)15-2-1-3-18(8-15)28-10-17-11-29-13-22-17/h1-8,11,13H,9-10,12H2,(H,23,26). The molecule has 2 aromatic carbocycles. The molecule has 1 saturated heterocycles. The summed E-state index contributed by atoms with van der Waals surface area (Å²) in [4.78, 5) is 41.4. The number of rotatable bonds is 7. The van der Waals surface area contributed by atoms with Crippen molar-refractivity contribution in [3.63, 3.8) is 0 Å². The van der Waals surface area contributed by atoms with Gasteiger partial charge in [-0.1, -0.05) is 30.0 Å².